The predicted octanol–water partition coefficient (Wildman–Crippen LogP) is 1.37. The van der Waals surface area contributed by atoms with Crippen LogP contribution < -0.4 is 5.56 Å². The molecule has 0 bridgehead atoms. The second kappa shape index (κ2) is 4.35. The Bertz CT molecular complexity index is 313. The summed E-state index contributed by atoms with van der Waals surface area (Å²) in [6, 6.07) is 0. The van der Waals surface area contributed by atoms with Crippen LogP contribution >= 0.6 is 15.9 Å². The molecule has 1 heterocycles. The Balaban J connectivity index is 2.85. The molecule has 66 valence electrons. The van der Waals surface area contributed by atoms with Gasteiger partial charge in [-0.2, -0.15) is 0 Å². The maximum atomic E-state index is 11.8. The molecule has 0 unspecified atom stereocenters. The summed E-state index contributed by atoms with van der Waals surface area (Å²) in [6.45, 7) is -0.0409. The largest absolute Gasteiger partial charge is 0.298 e. The highest BCUT2D eigenvalue weighted by atomic mass is 79.9. The van der Waals surface area contributed by atoms with E-state index >= 15 is 0 Å². The molecule has 1 aromatic rings. The summed E-state index contributed by atoms with van der Waals surface area (Å²) < 4.78 is 13.5. The van der Waals surface area contributed by atoms with Gasteiger partial charge in [-0.1, -0.05) is 0 Å². The van der Waals surface area contributed by atoms with Gasteiger partial charge in [-0.15, -0.1) is 0 Å². The zero-order valence-corrected chi connectivity index (χ0v) is 7.92. The number of alkyl halides is 1. The third-order valence-corrected chi connectivity index (χ3v) is 1.94. The lowest BCUT2D eigenvalue weighted by Gasteiger charge is -2.01. The van der Waals surface area contributed by atoms with E-state index in [2.05, 4.69) is 20.9 Å². The molecule has 0 aliphatic rings. The monoisotopic (exact) mass is 234 g/mol. The van der Waals surface area contributed by atoms with Gasteiger partial charge in [-0.25, -0.2) is 4.98 Å². The standard InChI is InChI=1S/C7H8BrFN2O/c8-6-4-10-5-11(7(6)12)3-1-2-9/h4-5H,1-3H2. The van der Waals surface area contributed by atoms with E-state index in [0.29, 0.717) is 17.4 Å². The number of aryl methyl sites for hydroxylation is 1. The van der Waals surface area contributed by atoms with E-state index in [4.69, 9.17) is 0 Å². The van der Waals surface area contributed by atoms with Crippen molar-refractivity contribution in [1.29, 1.82) is 0 Å². The lowest BCUT2D eigenvalue weighted by atomic mass is 10.4. The van der Waals surface area contributed by atoms with E-state index in [0.717, 1.165) is 0 Å². The van der Waals surface area contributed by atoms with Crippen molar-refractivity contribution in [3.8, 4) is 0 Å². The van der Waals surface area contributed by atoms with Gasteiger partial charge >= 0.3 is 0 Å². The third kappa shape index (κ3) is 2.14. The zero-order valence-electron chi connectivity index (χ0n) is 6.33. The molecule has 0 spiro atoms. The SMILES string of the molecule is O=c1c(Br)cncn1CCCF. The Morgan fingerprint density at radius 1 is 1.67 bits per heavy atom. The Hall–Kier alpha value is -0.710. The molecule has 0 atom stereocenters. The Morgan fingerprint density at radius 2 is 2.42 bits per heavy atom. The van der Waals surface area contributed by atoms with Crippen LogP contribution in [0.5, 0.6) is 0 Å². The quantitative estimate of drug-likeness (QED) is 0.792. The highest BCUT2D eigenvalue weighted by molar-refractivity contribution is 9.10. The molecule has 1 rings (SSSR count). The number of halogens is 2. The average Bonchev–Trinajstić information content (AvgIpc) is 2.08. The van der Waals surface area contributed by atoms with Crippen molar-refractivity contribution in [1.82, 2.24) is 9.55 Å². The summed E-state index contributed by atoms with van der Waals surface area (Å²) >= 11 is 3.05. The molecule has 0 radical (unpaired) electrons. The van der Waals surface area contributed by atoms with Gasteiger partial charge in [0.1, 0.15) is 4.47 Å². The van der Waals surface area contributed by atoms with E-state index in [1.807, 2.05) is 0 Å². The van der Waals surface area contributed by atoms with Gasteiger partial charge in [-0.05, 0) is 22.4 Å². The molecule has 5 heteroatoms. The second-order valence-corrected chi connectivity index (χ2v) is 3.14. The summed E-state index contributed by atoms with van der Waals surface area (Å²) in [5, 5.41) is 0. The molecular weight excluding hydrogens is 227 g/mol. The van der Waals surface area contributed by atoms with Gasteiger partial charge in [-0.3, -0.25) is 13.8 Å². The van der Waals surface area contributed by atoms with E-state index < -0.39 is 6.67 Å². The van der Waals surface area contributed by atoms with Crippen LogP contribution in [0.3, 0.4) is 0 Å². The van der Waals surface area contributed by atoms with Crippen molar-refractivity contribution in [3.05, 3.63) is 27.4 Å². The van der Waals surface area contributed by atoms with Gasteiger partial charge in [0.25, 0.3) is 5.56 Å². The maximum Gasteiger partial charge on any atom is 0.267 e. The highest BCUT2D eigenvalue weighted by Crippen LogP contribution is 1.98. The van der Waals surface area contributed by atoms with Crippen molar-refractivity contribution in [2.24, 2.45) is 0 Å². The van der Waals surface area contributed by atoms with Crippen LogP contribution in [0.2, 0.25) is 0 Å². The van der Waals surface area contributed by atoms with Crippen molar-refractivity contribution in [3.63, 3.8) is 0 Å². The molecule has 0 amide bonds. The van der Waals surface area contributed by atoms with E-state index in [1.54, 1.807) is 0 Å². The van der Waals surface area contributed by atoms with Crippen LogP contribution in [-0.4, -0.2) is 16.2 Å². The molecule has 12 heavy (non-hydrogen) atoms. The number of aromatic nitrogens is 2. The molecule has 0 saturated heterocycles. The van der Waals surface area contributed by atoms with Gasteiger partial charge in [0, 0.05) is 12.7 Å². The minimum Gasteiger partial charge on any atom is -0.298 e. The molecule has 0 aliphatic heterocycles. The summed E-state index contributed by atoms with van der Waals surface area (Å²) in [7, 11) is 0. The fourth-order valence-electron chi connectivity index (χ4n) is 0.813. The average molecular weight is 235 g/mol. The van der Waals surface area contributed by atoms with Crippen molar-refractivity contribution < 1.29 is 4.39 Å². The number of hydrogen-bond donors (Lipinski definition) is 0. The smallest absolute Gasteiger partial charge is 0.267 e. The van der Waals surface area contributed by atoms with Crippen LogP contribution in [0, 0.1) is 0 Å². The van der Waals surface area contributed by atoms with E-state index in [-0.39, 0.29) is 5.56 Å². The number of rotatable bonds is 3. The molecule has 1 aromatic heterocycles. The fourth-order valence-corrected chi connectivity index (χ4v) is 1.16. The lowest BCUT2D eigenvalue weighted by molar-refractivity contribution is 0.441. The summed E-state index contributed by atoms with van der Waals surface area (Å²) in [6.07, 6.45) is 3.18. The first-order valence-electron chi connectivity index (χ1n) is 3.51. The number of hydrogen-bond acceptors (Lipinski definition) is 2. The first kappa shape index (κ1) is 9.38. The minimum atomic E-state index is -0.418. The Labute approximate surface area is 77.4 Å². The minimum absolute atomic E-state index is 0.168. The number of nitrogens with zero attached hydrogens (tertiary/aromatic N) is 2. The second-order valence-electron chi connectivity index (χ2n) is 2.28. The fraction of sp³-hybridized carbons (Fsp3) is 0.429. The highest BCUT2D eigenvalue weighted by Gasteiger charge is 1.99. The van der Waals surface area contributed by atoms with Crippen LogP contribution in [0.1, 0.15) is 6.42 Å². The van der Waals surface area contributed by atoms with Gasteiger partial charge in [0.15, 0.2) is 0 Å². The third-order valence-electron chi connectivity index (χ3n) is 1.39. The molecule has 3 nitrogen and oxygen atoms in total. The molecule has 0 aliphatic carbocycles. The van der Waals surface area contributed by atoms with Crippen molar-refractivity contribution in [2.45, 2.75) is 13.0 Å². The molecule has 0 N–H and O–H groups in total. The molecule has 0 saturated carbocycles. The summed E-state index contributed by atoms with van der Waals surface area (Å²) in [5.74, 6) is 0. The maximum absolute atomic E-state index is 11.8. The van der Waals surface area contributed by atoms with Gasteiger partial charge in [0.05, 0.1) is 13.0 Å². The van der Waals surface area contributed by atoms with Crippen LogP contribution in [0.25, 0.3) is 0 Å². The molecular formula is C7H8BrFN2O. The van der Waals surface area contributed by atoms with Crippen LogP contribution in [0.15, 0.2) is 21.8 Å². The summed E-state index contributed by atoms with van der Waals surface area (Å²) in [4.78, 5) is 15.0. The normalized spacial score (nSPS) is 10.2. The lowest BCUT2D eigenvalue weighted by Crippen LogP contribution is -2.20. The van der Waals surface area contributed by atoms with Crippen molar-refractivity contribution >= 4 is 15.9 Å². The Morgan fingerprint density at radius 3 is 3.08 bits per heavy atom. The summed E-state index contributed by atoms with van der Waals surface area (Å²) in [5.41, 5.74) is -0.168. The topological polar surface area (TPSA) is 34.9 Å². The first-order chi connectivity index (χ1) is 5.75. The van der Waals surface area contributed by atoms with E-state index in [9.17, 15) is 9.18 Å². The zero-order chi connectivity index (χ0) is 8.97. The van der Waals surface area contributed by atoms with Gasteiger partial charge in [0.2, 0.25) is 0 Å². The Kier molecular flexibility index (Phi) is 3.40. The molecule has 0 aromatic carbocycles. The van der Waals surface area contributed by atoms with Gasteiger partial charge < -0.3 is 0 Å². The predicted molar refractivity (Wildman–Crippen MR) is 46.8 cm³/mol. The first-order valence-corrected chi connectivity index (χ1v) is 4.31. The van der Waals surface area contributed by atoms with Crippen LogP contribution in [0.4, 0.5) is 4.39 Å². The van der Waals surface area contributed by atoms with Crippen LogP contribution in [-0.2, 0) is 6.54 Å². The van der Waals surface area contributed by atoms with E-state index in [1.165, 1.54) is 17.1 Å². The molecule has 0 fully saturated rings. The van der Waals surface area contributed by atoms with Crippen molar-refractivity contribution in [2.75, 3.05) is 6.67 Å².